The summed E-state index contributed by atoms with van der Waals surface area (Å²) in [6.07, 6.45) is 0. The smallest absolute Gasteiger partial charge is 0.322 e. The minimum Gasteiger partial charge on any atom is -0.497 e. The number of carbonyl (C=O) groups excluding carboxylic acids is 1. The number of rotatable bonds is 6. The third-order valence-electron chi connectivity index (χ3n) is 5.63. The molecule has 2 aromatic heterocycles. The highest BCUT2D eigenvalue weighted by Crippen LogP contribution is 2.38. The van der Waals surface area contributed by atoms with Gasteiger partial charge >= 0.3 is 6.03 Å². The number of methoxy groups -OCH3 is 1. The van der Waals surface area contributed by atoms with E-state index in [4.69, 9.17) is 9.26 Å². The molecule has 1 aliphatic rings. The van der Waals surface area contributed by atoms with Gasteiger partial charge in [0, 0.05) is 5.70 Å². The van der Waals surface area contributed by atoms with E-state index >= 15 is 0 Å². The van der Waals surface area contributed by atoms with E-state index in [9.17, 15) is 4.79 Å². The van der Waals surface area contributed by atoms with E-state index in [1.54, 1.807) is 23.3 Å². The summed E-state index contributed by atoms with van der Waals surface area (Å²) in [5.41, 5.74) is 3.47. The first-order valence-corrected chi connectivity index (χ1v) is 11.4. The Kier molecular flexibility index (Phi) is 5.66. The van der Waals surface area contributed by atoms with E-state index < -0.39 is 6.04 Å². The molecule has 0 bridgehead atoms. The fourth-order valence-corrected chi connectivity index (χ4v) is 4.55. The quantitative estimate of drug-likeness (QED) is 0.412. The molecule has 1 aliphatic heterocycles. The molecule has 0 aliphatic carbocycles. The molecule has 1 atom stereocenters. The maximum absolute atomic E-state index is 13.2. The van der Waals surface area contributed by atoms with Crippen molar-refractivity contribution in [3.63, 3.8) is 0 Å². The van der Waals surface area contributed by atoms with Gasteiger partial charge in [0.25, 0.3) is 5.89 Å². The largest absolute Gasteiger partial charge is 0.497 e. The minimum absolute atomic E-state index is 0.182. The van der Waals surface area contributed by atoms with Crippen molar-refractivity contribution in [1.82, 2.24) is 20.4 Å². The summed E-state index contributed by atoms with van der Waals surface area (Å²) in [6, 6.07) is 20.8. The van der Waals surface area contributed by atoms with Crippen LogP contribution in [0.3, 0.4) is 0 Å². The SMILES string of the molecule is COc1ccc(CN2C(=O)NC(c3ccccc3)C(c3nc(-c4cccs4)no3)=C2C)cc1. The maximum atomic E-state index is 13.2. The standard InChI is InChI=1S/C25H22N4O3S/c1-16-21(24-27-23(28-32-24)20-9-6-14-33-20)22(18-7-4-3-5-8-18)26-25(30)29(16)15-17-10-12-19(31-2)13-11-17/h3-14,22H,15H2,1-2H3,(H,26,30). The van der Waals surface area contributed by atoms with Gasteiger partial charge < -0.3 is 14.6 Å². The van der Waals surface area contributed by atoms with E-state index in [0.717, 1.165) is 33.0 Å². The molecule has 0 fully saturated rings. The highest BCUT2D eigenvalue weighted by atomic mass is 32.1. The van der Waals surface area contributed by atoms with Crippen LogP contribution in [0.2, 0.25) is 0 Å². The summed E-state index contributed by atoms with van der Waals surface area (Å²) >= 11 is 1.55. The van der Waals surface area contributed by atoms with Crippen LogP contribution in [-0.2, 0) is 6.54 Å². The van der Waals surface area contributed by atoms with Crippen LogP contribution >= 0.6 is 11.3 Å². The Labute approximate surface area is 195 Å². The molecule has 0 saturated heterocycles. The Balaban J connectivity index is 1.56. The number of benzene rings is 2. The molecule has 0 radical (unpaired) electrons. The van der Waals surface area contributed by atoms with Crippen LogP contribution in [0.5, 0.6) is 5.75 Å². The van der Waals surface area contributed by atoms with Crippen LogP contribution in [0.1, 0.15) is 30.0 Å². The lowest BCUT2D eigenvalue weighted by molar-refractivity contribution is 0.203. The van der Waals surface area contributed by atoms with Gasteiger partial charge in [-0.05, 0) is 41.6 Å². The highest BCUT2D eigenvalue weighted by molar-refractivity contribution is 7.13. The molecule has 1 N–H and O–H groups in total. The molecule has 2 amide bonds. The van der Waals surface area contributed by atoms with Crippen LogP contribution in [-0.4, -0.2) is 28.2 Å². The summed E-state index contributed by atoms with van der Waals surface area (Å²) < 4.78 is 11.0. The lowest BCUT2D eigenvalue weighted by Crippen LogP contribution is -2.45. The Hall–Kier alpha value is -3.91. The normalized spacial score (nSPS) is 16.1. The molecule has 5 rings (SSSR count). The number of thiophene rings is 1. The average molecular weight is 459 g/mol. The fourth-order valence-electron chi connectivity index (χ4n) is 3.90. The molecule has 0 saturated carbocycles. The molecular weight excluding hydrogens is 436 g/mol. The first-order chi connectivity index (χ1) is 16.1. The second-order valence-corrected chi connectivity index (χ2v) is 8.57. The number of ether oxygens (including phenoxy) is 1. The van der Waals surface area contributed by atoms with Gasteiger partial charge in [-0.1, -0.05) is 53.7 Å². The molecule has 166 valence electrons. The zero-order chi connectivity index (χ0) is 22.8. The van der Waals surface area contributed by atoms with Gasteiger partial charge in [0.1, 0.15) is 5.75 Å². The number of nitrogens with one attached hydrogen (secondary N) is 1. The fraction of sp³-hybridized carbons (Fsp3) is 0.160. The number of allylic oxidation sites excluding steroid dienone is 1. The molecule has 0 spiro atoms. The summed E-state index contributed by atoms with van der Waals surface area (Å²) in [7, 11) is 1.63. The predicted molar refractivity (Wildman–Crippen MR) is 126 cm³/mol. The molecular formula is C25H22N4O3S. The molecule has 2 aromatic carbocycles. The summed E-state index contributed by atoms with van der Waals surface area (Å²) in [6.45, 7) is 2.32. The van der Waals surface area contributed by atoms with E-state index in [0.29, 0.717) is 18.3 Å². The second-order valence-electron chi connectivity index (χ2n) is 7.63. The lowest BCUT2D eigenvalue weighted by Gasteiger charge is -2.35. The number of hydrogen-bond donors (Lipinski definition) is 1. The average Bonchev–Trinajstić information content (AvgIpc) is 3.55. The van der Waals surface area contributed by atoms with Crippen molar-refractivity contribution in [2.24, 2.45) is 0 Å². The molecule has 4 aromatic rings. The molecule has 1 unspecified atom stereocenters. The summed E-state index contributed by atoms with van der Waals surface area (Å²) in [5.74, 6) is 1.70. The van der Waals surface area contributed by atoms with Crippen molar-refractivity contribution in [3.8, 4) is 16.5 Å². The third kappa shape index (κ3) is 4.12. The van der Waals surface area contributed by atoms with Gasteiger partial charge in [-0.15, -0.1) is 11.3 Å². The predicted octanol–water partition coefficient (Wildman–Crippen LogP) is 5.50. The number of amides is 2. The molecule has 8 heteroatoms. The molecule has 7 nitrogen and oxygen atoms in total. The molecule has 33 heavy (non-hydrogen) atoms. The van der Waals surface area contributed by atoms with Gasteiger partial charge in [0.2, 0.25) is 5.82 Å². The van der Waals surface area contributed by atoms with Gasteiger partial charge in [-0.2, -0.15) is 4.98 Å². The zero-order valence-corrected chi connectivity index (χ0v) is 19.0. The van der Waals surface area contributed by atoms with Gasteiger partial charge in [0.05, 0.1) is 30.1 Å². The van der Waals surface area contributed by atoms with Crippen molar-refractivity contribution in [2.45, 2.75) is 19.5 Å². The van der Waals surface area contributed by atoms with Crippen LogP contribution in [0.4, 0.5) is 4.79 Å². The Bertz CT molecular complexity index is 1280. The number of urea groups is 1. The van der Waals surface area contributed by atoms with Crippen molar-refractivity contribution < 1.29 is 14.1 Å². The number of aromatic nitrogens is 2. The number of hydrogen-bond acceptors (Lipinski definition) is 6. The van der Waals surface area contributed by atoms with Crippen LogP contribution in [0.25, 0.3) is 16.3 Å². The van der Waals surface area contributed by atoms with Crippen molar-refractivity contribution in [1.29, 1.82) is 0 Å². The van der Waals surface area contributed by atoms with Crippen LogP contribution in [0.15, 0.2) is 82.3 Å². The Morgan fingerprint density at radius 2 is 1.88 bits per heavy atom. The van der Waals surface area contributed by atoms with Crippen molar-refractivity contribution >= 4 is 22.9 Å². The molecule has 3 heterocycles. The van der Waals surface area contributed by atoms with E-state index in [1.807, 2.05) is 79.0 Å². The maximum Gasteiger partial charge on any atom is 0.322 e. The van der Waals surface area contributed by atoms with Crippen LogP contribution in [0, 0.1) is 0 Å². The van der Waals surface area contributed by atoms with Gasteiger partial charge in [-0.25, -0.2) is 4.79 Å². The first kappa shape index (κ1) is 21.0. The van der Waals surface area contributed by atoms with Crippen LogP contribution < -0.4 is 10.1 Å². The summed E-state index contributed by atoms with van der Waals surface area (Å²) in [5, 5.41) is 9.29. The minimum atomic E-state index is -0.401. The highest BCUT2D eigenvalue weighted by Gasteiger charge is 2.35. The van der Waals surface area contributed by atoms with Crippen molar-refractivity contribution in [2.75, 3.05) is 7.11 Å². The Morgan fingerprint density at radius 1 is 1.09 bits per heavy atom. The second kappa shape index (κ2) is 8.91. The third-order valence-corrected chi connectivity index (χ3v) is 6.49. The van der Waals surface area contributed by atoms with E-state index in [1.165, 1.54) is 0 Å². The Morgan fingerprint density at radius 3 is 2.58 bits per heavy atom. The zero-order valence-electron chi connectivity index (χ0n) is 18.2. The van der Waals surface area contributed by atoms with Gasteiger partial charge in [-0.3, -0.25) is 4.90 Å². The topological polar surface area (TPSA) is 80.5 Å². The van der Waals surface area contributed by atoms with Crippen molar-refractivity contribution in [3.05, 3.63) is 94.8 Å². The lowest BCUT2D eigenvalue weighted by atomic mass is 9.94. The van der Waals surface area contributed by atoms with Gasteiger partial charge in [0.15, 0.2) is 0 Å². The number of nitrogens with zero attached hydrogens (tertiary/aromatic N) is 3. The first-order valence-electron chi connectivity index (χ1n) is 10.5. The summed E-state index contributed by atoms with van der Waals surface area (Å²) in [4.78, 5) is 20.5. The monoisotopic (exact) mass is 458 g/mol. The van der Waals surface area contributed by atoms with E-state index in [2.05, 4.69) is 15.5 Å². The van der Waals surface area contributed by atoms with E-state index in [-0.39, 0.29) is 6.03 Å². The number of carbonyl (C=O) groups is 1.